The number of carbonyl (C=O) groups excluding carboxylic acids is 2. The van der Waals surface area contributed by atoms with Crippen LogP contribution in [-0.2, 0) is 14.3 Å². The van der Waals surface area contributed by atoms with Crippen molar-refractivity contribution in [2.45, 2.75) is 39.7 Å². The fourth-order valence-corrected chi connectivity index (χ4v) is 2.19. The average Bonchev–Trinajstić information content (AvgIpc) is 2.31. The number of carbonyl (C=O) groups is 2. The zero-order chi connectivity index (χ0) is 13.8. The molecule has 5 heteroatoms. The summed E-state index contributed by atoms with van der Waals surface area (Å²) < 4.78 is 5.44. The van der Waals surface area contributed by atoms with Gasteiger partial charge in [0.2, 0.25) is 5.91 Å². The number of piperazine rings is 1. The lowest BCUT2D eigenvalue weighted by molar-refractivity contribution is -0.160. The third kappa shape index (κ3) is 3.45. The van der Waals surface area contributed by atoms with Gasteiger partial charge in [-0.25, -0.2) is 0 Å². The predicted octanol–water partition coefficient (Wildman–Crippen LogP) is 0.882. The second-order valence-electron chi connectivity index (χ2n) is 5.05. The molecule has 1 rings (SSSR count). The molecule has 1 heterocycles. The molecule has 5 nitrogen and oxygen atoms in total. The molecule has 0 aliphatic carbocycles. The van der Waals surface area contributed by atoms with Gasteiger partial charge in [-0.15, -0.1) is 0 Å². The van der Waals surface area contributed by atoms with Crippen molar-refractivity contribution >= 4 is 11.8 Å². The maximum Gasteiger partial charge on any atom is 0.254 e. The Kier molecular flexibility index (Phi) is 5.14. The fraction of sp³-hybridized carbons (Fsp3) is 0.846. The van der Waals surface area contributed by atoms with Gasteiger partial charge < -0.3 is 14.5 Å². The minimum atomic E-state index is -0.845. The normalized spacial score (nSPS) is 17.2. The van der Waals surface area contributed by atoms with Gasteiger partial charge in [-0.05, 0) is 27.2 Å². The van der Waals surface area contributed by atoms with E-state index in [9.17, 15) is 9.59 Å². The van der Waals surface area contributed by atoms with Crippen molar-refractivity contribution in [3.63, 3.8) is 0 Å². The summed E-state index contributed by atoms with van der Waals surface area (Å²) in [6.07, 6.45) is 0.949. The Morgan fingerprint density at radius 1 is 1.33 bits per heavy atom. The molecular weight excluding hydrogens is 232 g/mol. The Balaban J connectivity index is 2.60. The Morgan fingerprint density at radius 2 is 2.00 bits per heavy atom. The molecule has 2 amide bonds. The Morgan fingerprint density at radius 3 is 2.50 bits per heavy atom. The molecule has 1 aliphatic heterocycles. The topological polar surface area (TPSA) is 49.9 Å². The van der Waals surface area contributed by atoms with Gasteiger partial charge in [0.1, 0.15) is 5.60 Å². The van der Waals surface area contributed by atoms with Crippen LogP contribution in [-0.4, -0.2) is 60.0 Å². The minimum Gasteiger partial charge on any atom is -0.366 e. The van der Waals surface area contributed by atoms with E-state index in [1.807, 2.05) is 18.7 Å². The van der Waals surface area contributed by atoms with Crippen molar-refractivity contribution < 1.29 is 14.3 Å². The molecular formula is C13H24N2O3. The van der Waals surface area contributed by atoms with Crippen LogP contribution in [0.3, 0.4) is 0 Å². The Bertz CT molecular complexity index is 315. The average molecular weight is 256 g/mol. The van der Waals surface area contributed by atoms with Crippen molar-refractivity contribution in [1.82, 2.24) is 9.80 Å². The van der Waals surface area contributed by atoms with Gasteiger partial charge in [0.15, 0.2) is 0 Å². The number of rotatable bonds is 5. The second kappa shape index (κ2) is 6.18. The van der Waals surface area contributed by atoms with Crippen molar-refractivity contribution in [2.75, 3.05) is 32.8 Å². The number of hydrogen-bond donors (Lipinski definition) is 0. The first kappa shape index (κ1) is 15.0. The van der Waals surface area contributed by atoms with Crippen molar-refractivity contribution in [3.8, 4) is 0 Å². The van der Waals surface area contributed by atoms with Gasteiger partial charge in [-0.1, -0.05) is 6.92 Å². The Labute approximate surface area is 109 Å². The number of nitrogens with zero attached hydrogens (tertiary/aromatic N) is 2. The summed E-state index contributed by atoms with van der Waals surface area (Å²) >= 11 is 0. The summed E-state index contributed by atoms with van der Waals surface area (Å²) in [6, 6.07) is 0. The zero-order valence-electron chi connectivity index (χ0n) is 11.9. The van der Waals surface area contributed by atoms with Crippen molar-refractivity contribution in [3.05, 3.63) is 0 Å². The van der Waals surface area contributed by atoms with E-state index in [1.54, 1.807) is 18.7 Å². The number of hydrogen-bond acceptors (Lipinski definition) is 3. The van der Waals surface area contributed by atoms with E-state index in [1.165, 1.54) is 0 Å². The molecule has 0 aromatic heterocycles. The van der Waals surface area contributed by atoms with E-state index in [4.69, 9.17) is 4.74 Å². The van der Waals surface area contributed by atoms with Gasteiger partial charge in [0.25, 0.3) is 5.91 Å². The molecule has 0 aromatic rings. The highest BCUT2D eigenvalue weighted by Crippen LogP contribution is 2.15. The molecule has 1 fully saturated rings. The lowest BCUT2D eigenvalue weighted by atomic mass is 10.1. The van der Waals surface area contributed by atoms with Crippen molar-refractivity contribution in [1.29, 1.82) is 0 Å². The summed E-state index contributed by atoms with van der Waals surface area (Å²) in [4.78, 5) is 27.5. The standard InChI is InChI=1S/C13H24N2O3/c1-5-7-14-8-9-15(10-11(14)16)12(17)13(3,4)18-6-2/h5-10H2,1-4H3. The molecule has 18 heavy (non-hydrogen) atoms. The molecule has 0 spiro atoms. The van der Waals surface area contributed by atoms with E-state index in [-0.39, 0.29) is 18.4 Å². The first-order chi connectivity index (χ1) is 8.42. The fourth-order valence-electron chi connectivity index (χ4n) is 2.19. The van der Waals surface area contributed by atoms with Gasteiger partial charge in [0.05, 0.1) is 6.54 Å². The van der Waals surface area contributed by atoms with Crippen molar-refractivity contribution in [2.24, 2.45) is 0 Å². The quantitative estimate of drug-likeness (QED) is 0.734. The van der Waals surface area contributed by atoms with E-state index in [0.717, 1.165) is 13.0 Å². The van der Waals surface area contributed by atoms with E-state index in [0.29, 0.717) is 19.7 Å². The van der Waals surface area contributed by atoms with E-state index < -0.39 is 5.60 Å². The van der Waals surface area contributed by atoms with Gasteiger partial charge >= 0.3 is 0 Å². The van der Waals surface area contributed by atoms with Crippen LogP contribution in [0.25, 0.3) is 0 Å². The Hall–Kier alpha value is -1.10. The summed E-state index contributed by atoms with van der Waals surface area (Å²) in [5.41, 5.74) is -0.845. The van der Waals surface area contributed by atoms with Crippen LogP contribution in [0.2, 0.25) is 0 Å². The van der Waals surface area contributed by atoms with Crippen LogP contribution >= 0.6 is 0 Å². The maximum absolute atomic E-state index is 12.3. The first-order valence-electron chi connectivity index (χ1n) is 6.63. The van der Waals surface area contributed by atoms with Crippen LogP contribution in [0.5, 0.6) is 0 Å². The monoisotopic (exact) mass is 256 g/mol. The van der Waals surface area contributed by atoms with Gasteiger partial charge in [-0.2, -0.15) is 0 Å². The van der Waals surface area contributed by atoms with Gasteiger partial charge in [0, 0.05) is 26.2 Å². The molecule has 0 N–H and O–H groups in total. The summed E-state index contributed by atoms with van der Waals surface area (Å²) in [7, 11) is 0. The molecule has 104 valence electrons. The molecule has 0 unspecified atom stereocenters. The highest BCUT2D eigenvalue weighted by Gasteiger charge is 2.36. The van der Waals surface area contributed by atoms with Crippen LogP contribution < -0.4 is 0 Å². The van der Waals surface area contributed by atoms with Crippen LogP contribution in [0.15, 0.2) is 0 Å². The summed E-state index contributed by atoms with van der Waals surface area (Å²) in [5.74, 6) is -0.0717. The molecule has 0 atom stereocenters. The summed E-state index contributed by atoms with van der Waals surface area (Å²) in [5, 5.41) is 0. The predicted molar refractivity (Wildman–Crippen MR) is 69.2 cm³/mol. The highest BCUT2D eigenvalue weighted by molar-refractivity contribution is 5.90. The molecule has 0 aromatic carbocycles. The second-order valence-corrected chi connectivity index (χ2v) is 5.05. The number of amides is 2. The minimum absolute atomic E-state index is 0.0312. The lowest BCUT2D eigenvalue weighted by Crippen LogP contribution is -2.57. The third-order valence-electron chi connectivity index (χ3n) is 3.12. The molecule has 1 saturated heterocycles. The van der Waals surface area contributed by atoms with Crippen LogP contribution in [0.4, 0.5) is 0 Å². The lowest BCUT2D eigenvalue weighted by Gasteiger charge is -2.37. The largest absolute Gasteiger partial charge is 0.366 e. The number of ether oxygens (including phenoxy) is 1. The maximum atomic E-state index is 12.3. The highest BCUT2D eigenvalue weighted by atomic mass is 16.5. The van der Waals surface area contributed by atoms with E-state index in [2.05, 4.69) is 0 Å². The van der Waals surface area contributed by atoms with E-state index >= 15 is 0 Å². The molecule has 0 bridgehead atoms. The third-order valence-corrected chi connectivity index (χ3v) is 3.12. The molecule has 0 saturated carbocycles. The first-order valence-corrected chi connectivity index (χ1v) is 6.63. The zero-order valence-corrected chi connectivity index (χ0v) is 11.9. The SMILES string of the molecule is CCCN1CCN(C(=O)C(C)(C)OCC)CC1=O. The van der Waals surface area contributed by atoms with Gasteiger partial charge in [-0.3, -0.25) is 9.59 Å². The van der Waals surface area contributed by atoms with Crippen LogP contribution in [0.1, 0.15) is 34.1 Å². The molecule has 1 aliphatic rings. The van der Waals surface area contributed by atoms with Crippen LogP contribution in [0, 0.1) is 0 Å². The smallest absolute Gasteiger partial charge is 0.254 e. The summed E-state index contributed by atoms with van der Waals surface area (Å²) in [6.45, 7) is 10.1. The molecule has 0 radical (unpaired) electrons.